The van der Waals surface area contributed by atoms with Gasteiger partial charge in [-0.25, -0.2) is 9.78 Å². The molecule has 0 atom stereocenters. The van der Waals surface area contributed by atoms with Crippen LogP contribution in [0.4, 0.5) is 0 Å². The summed E-state index contributed by atoms with van der Waals surface area (Å²) in [4.78, 5) is 19.1. The van der Waals surface area contributed by atoms with Gasteiger partial charge in [0.25, 0.3) is 0 Å². The van der Waals surface area contributed by atoms with E-state index in [0.717, 1.165) is 29.1 Å². The molecule has 1 aliphatic rings. The first kappa shape index (κ1) is 19.0. The molecule has 0 radical (unpaired) electrons. The monoisotopic (exact) mass is 415 g/mol. The van der Waals surface area contributed by atoms with E-state index < -0.39 is 0 Å². The van der Waals surface area contributed by atoms with Gasteiger partial charge in [0.15, 0.2) is 11.5 Å². The first-order valence-corrected chi connectivity index (χ1v) is 10.8. The Morgan fingerprint density at radius 2 is 2.04 bits per heavy atom. The number of thiazole rings is 1. The number of hydrogen-bond acceptors (Lipinski definition) is 7. The zero-order valence-corrected chi connectivity index (χ0v) is 17.5. The SMILES string of the molecule is COc1cccc(-c2nc(COC(=O)c3cc4c(s3)CCCC4)cs2)c1OC. The fourth-order valence-electron chi connectivity index (χ4n) is 3.35. The number of carbonyl (C=O) groups is 1. The third-order valence-corrected chi connectivity index (χ3v) is 6.88. The summed E-state index contributed by atoms with van der Waals surface area (Å²) in [5, 5.41) is 2.70. The first-order chi connectivity index (χ1) is 13.7. The molecule has 146 valence electrons. The van der Waals surface area contributed by atoms with Crippen LogP contribution in [0.25, 0.3) is 10.6 Å². The van der Waals surface area contributed by atoms with Crippen LogP contribution in [0, 0.1) is 0 Å². The molecule has 0 aliphatic heterocycles. The molecule has 0 amide bonds. The fourth-order valence-corrected chi connectivity index (χ4v) is 5.33. The van der Waals surface area contributed by atoms with E-state index >= 15 is 0 Å². The molecule has 0 saturated carbocycles. The van der Waals surface area contributed by atoms with E-state index in [4.69, 9.17) is 14.2 Å². The highest BCUT2D eigenvalue weighted by atomic mass is 32.1. The summed E-state index contributed by atoms with van der Waals surface area (Å²) in [5.74, 6) is 1.03. The van der Waals surface area contributed by atoms with Crippen molar-refractivity contribution in [2.45, 2.75) is 32.3 Å². The number of fused-ring (bicyclic) bond motifs is 1. The maximum absolute atomic E-state index is 12.4. The number of ether oxygens (including phenoxy) is 3. The molecule has 0 saturated heterocycles. The number of benzene rings is 1. The minimum Gasteiger partial charge on any atom is -0.493 e. The van der Waals surface area contributed by atoms with Crippen LogP contribution in [0.5, 0.6) is 11.5 Å². The summed E-state index contributed by atoms with van der Waals surface area (Å²) in [6.45, 7) is 0.157. The lowest BCUT2D eigenvalue weighted by Gasteiger charge is -2.10. The van der Waals surface area contributed by atoms with Crippen molar-refractivity contribution in [3.63, 3.8) is 0 Å². The lowest BCUT2D eigenvalue weighted by atomic mass is 9.99. The minimum atomic E-state index is -0.270. The zero-order valence-electron chi connectivity index (χ0n) is 15.8. The third kappa shape index (κ3) is 3.77. The van der Waals surface area contributed by atoms with Crippen molar-refractivity contribution < 1.29 is 19.0 Å². The predicted molar refractivity (Wildman–Crippen MR) is 111 cm³/mol. The Balaban J connectivity index is 1.45. The van der Waals surface area contributed by atoms with Crippen molar-refractivity contribution >= 4 is 28.6 Å². The molecule has 2 aromatic heterocycles. The second-order valence-corrected chi connectivity index (χ2v) is 8.52. The van der Waals surface area contributed by atoms with E-state index in [1.807, 2.05) is 29.6 Å². The number of rotatable bonds is 6. The molecule has 3 aromatic rings. The van der Waals surface area contributed by atoms with E-state index in [2.05, 4.69) is 4.98 Å². The van der Waals surface area contributed by atoms with Crippen LogP contribution in [0.15, 0.2) is 29.6 Å². The molecule has 1 aromatic carbocycles. The number of nitrogens with zero attached hydrogens (tertiary/aromatic N) is 1. The quantitative estimate of drug-likeness (QED) is 0.523. The van der Waals surface area contributed by atoms with Crippen molar-refractivity contribution in [2.75, 3.05) is 14.2 Å². The Morgan fingerprint density at radius 1 is 1.18 bits per heavy atom. The number of hydrogen-bond donors (Lipinski definition) is 0. The molecule has 0 spiro atoms. The Bertz CT molecular complexity index is 969. The van der Waals surface area contributed by atoms with Crippen LogP contribution in [0.2, 0.25) is 0 Å². The molecule has 7 heteroatoms. The van der Waals surface area contributed by atoms with E-state index in [0.29, 0.717) is 16.4 Å². The molecule has 1 aliphatic carbocycles. The van der Waals surface area contributed by atoms with Gasteiger partial charge in [-0.2, -0.15) is 0 Å². The summed E-state index contributed by atoms with van der Waals surface area (Å²) in [7, 11) is 3.22. The maximum atomic E-state index is 12.4. The second kappa shape index (κ2) is 8.32. The fraction of sp³-hybridized carbons (Fsp3) is 0.333. The largest absolute Gasteiger partial charge is 0.493 e. The number of methoxy groups -OCH3 is 2. The van der Waals surface area contributed by atoms with Crippen LogP contribution in [-0.4, -0.2) is 25.2 Å². The van der Waals surface area contributed by atoms with Crippen LogP contribution in [-0.2, 0) is 24.2 Å². The number of aromatic nitrogens is 1. The van der Waals surface area contributed by atoms with Gasteiger partial charge in [-0.05, 0) is 49.4 Å². The molecule has 5 nitrogen and oxygen atoms in total. The predicted octanol–water partition coefficient (Wildman–Crippen LogP) is 5.12. The molecular weight excluding hydrogens is 394 g/mol. The van der Waals surface area contributed by atoms with Gasteiger partial charge in [0, 0.05) is 10.3 Å². The van der Waals surface area contributed by atoms with E-state index in [-0.39, 0.29) is 12.6 Å². The Morgan fingerprint density at radius 3 is 2.82 bits per heavy atom. The van der Waals surface area contributed by atoms with Crippen molar-refractivity contribution in [3.8, 4) is 22.1 Å². The van der Waals surface area contributed by atoms with E-state index in [1.54, 1.807) is 25.6 Å². The van der Waals surface area contributed by atoms with Gasteiger partial charge in [-0.1, -0.05) is 6.07 Å². The number of esters is 1. The van der Waals surface area contributed by atoms with Crippen molar-refractivity contribution in [3.05, 3.63) is 50.7 Å². The van der Waals surface area contributed by atoms with Crippen molar-refractivity contribution in [1.29, 1.82) is 0 Å². The van der Waals surface area contributed by atoms with Crippen LogP contribution in [0.3, 0.4) is 0 Å². The summed E-state index contributed by atoms with van der Waals surface area (Å²) in [6, 6.07) is 7.68. The molecule has 0 fully saturated rings. The average molecular weight is 416 g/mol. The van der Waals surface area contributed by atoms with E-state index in [9.17, 15) is 4.79 Å². The molecule has 2 heterocycles. The normalized spacial score (nSPS) is 13.1. The molecule has 0 unspecified atom stereocenters. The topological polar surface area (TPSA) is 57.7 Å². The number of para-hydroxylation sites is 1. The van der Waals surface area contributed by atoms with Gasteiger partial charge in [-0.15, -0.1) is 22.7 Å². The molecule has 4 rings (SSSR count). The highest BCUT2D eigenvalue weighted by Gasteiger charge is 2.19. The molecule has 0 bridgehead atoms. The average Bonchev–Trinajstić information content (AvgIpc) is 3.38. The highest BCUT2D eigenvalue weighted by Crippen LogP contribution is 2.39. The van der Waals surface area contributed by atoms with Gasteiger partial charge >= 0.3 is 5.97 Å². The van der Waals surface area contributed by atoms with Gasteiger partial charge < -0.3 is 14.2 Å². The minimum absolute atomic E-state index is 0.157. The smallest absolute Gasteiger partial charge is 0.348 e. The van der Waals surface area contributed by atoms with Crippen molar-refractivity contribution in [1.82, 2.24) is 4.98 Å². The Hall–Kier alpha value is -2.38. The molecule has 0 N–H and O–H groups in total. The summed E-state index contributed by atoms with van der Waals surface area (Å²) in [5.41, 5.74) is 2.89. The Labute approximate surface area is 171 Å². The lowest BCUT2D eigenvalue weighted by molar-refractivity contribution is 0.0474. The molecular formula is C21H21NO4S2. The van der Waals surface area contributed by atoms with Crippen LogP contribution >= 0.6 is 22.7 Å². The van der Waals surface area contributed by atoms with Crippen molar-refractivity contribution in [2.24, 2.45) is 0 Å². The van der Waals surface area contributed by atoms with E-state index in [1.165, 1.54) is 34.6 Å². The summed E-state index contributed by atoms with van der Waals surface area (Å²) >= 11 is 3.05. The standard InChI is InChI=1S/C21H21NO4S2/c1-24-16-8-5-7-15(19(16)25-2)20-22-14(12-27-20)11-26-21(23)18-10-13-6-3-4-9-17(13)28-18/h5,7-8,10,12H,3-4,6,9,11H2,1-2H3. The van der Waals surface area contributed by atoms with Crippen LogP contribution in [0.1, 0.15) is 38.6 Å². The number of aryl methyl sites for hydroxylation is 2. The zero-order chi connectivity index (χ0) is 19.5. The van der Waals surface area contributed by atoms with Crippen LogP contribution < -0.4 is 9.47 Å². The van der Waals surface area contributed by atoms with Gasteiger partial charge in [-0.3, -0.25) is 0 Å². The highest BCUT2D eigenvalue weighted by molar-refractivity contribution is 7.14. The Kier molecular flexibility index (Phi) is 5.64. The van der Waals surface area contributed by atoms with Gasteiger partial charge in [0.1, 0.15) is 16.5 Å². The summed E-state index contributed by atoms with van der Waals surface area (Å²) < 4.78 is 16.3. The van der Waals surface area contributed by atoms with Gasteiger partial charge in [0.05, 0.1) is 25.5 Å². The number of thiophene rings is 1. The number of carbonyl (C=O) groups excluding carboxylic acids is 1. The summed E-state index contributed by atoms with van der Waals surface area (Å²) in [6.07, 6.45) is 4.55. The third-order valence-electron chi connectivity index (χ3n) is 4.73. The first-order valence-electron chi connectivity index (χ1n) is 9.14. The molecule has 28 heavy (non-hydrogen) atoms. The second-order valence-electron chi connectivity index (χ2n) is 6.53. The maximum Gasteiger partial charge on any atom is 0.348 e. The lowest BCUT2D eigenvalue weighted by Crippen LogP contribution is -2.03. The van der Waals surface area contributed by atoms with Gasteiger partial charge in [0.2, 0.25) is 0 Å².